The predicted molar refractivity (Wildman–Crippen MR) is 91.8 cm³/mol. The molecule has 0 aliphatic rings. The van der Waals surface area contributed by atoms with Crippen LogP contribution in [0.1, 0.15) is 17.0 Å². The van der Waals surface area contributed by atoms with Gasteiger partial charge in [-0.15, -0.1) is 0 Å². The standard InChI is InChI=1S/C19H20N2O2/c1-20-19(22)16(11-13-6-5-7-14(10-13)23-2)17-12-21-18-9-4-3-8-15(17)18/h3-10,12,16,21H,11H2,1-2H3,(H,20,22). The van der Waals surface area contributed by atoms with Crippen LogP contribution >= 0.6 is 0 Å². The Labute approximate surface area is 135 Å². The molecule has 0 saturated carbocycles. The fraction of sp³-hybridized carbons (Fsp3) is 0.211. The third kappa shape index (κ3) is 3.06. The van der Waals surface area contributed by atoms with E-state index in [0.29, 0.717) is 6.42 Å². The lowest BCUT2D eigenvalue weighted by atomic mass is 9.91. The van der Waals surface area contributed by atoms with E-state index >= 15 is 0 Å². The minimum absolute atomic E-state index is 0.0116. The largest absolute Gasteiger partial charge is 0.497 e. The Bertz CT molecular complexity index is 823. The second-order valence-corrected chi connectivity index (χ2v) is 5.51. The Kier molecular flexibility index (Phi) is 4.33. The lowest BCUT2D eigenvalue weighted by molar-refractivity contribution is -0.122. The number of carbonyl (C=O) groups is 1. The fourth-order valence-electron chi connectivity index (χ4n) is 2.94. The van der Waals surface area contributed by atoms with Gasteiger partial charge in [-0.3, -0.25) is 4.79 Å². The monoisotopic (exact) mass is 308 g/mol. The van der Waals surface area contributed by atoms with Crippen molar-refractivity contribution in [3.63, 3.8) is 0 Å². The van der Waals surface area contributed by atoms with Crippen LogP contribution in [0, 0.1) is 0 Å². The summed E-state index contributed by atoms with van der Waals surface area (Å²) in [6, 6.07) is 15.9. The van der Waals surface area contributed by atoms with Crippen LogP contribution in [0.2, 0.25) is 0 Å². The van der Waals surface area contributed by atoms with Gasteiger partial charge in [-0.2, -0.15) is 0 Å². The fourth-order valence-corrected chi connectivity index (χ4v) is 2.94. The maximum absolute atomic E-state index is 12.5. The van der Waals surface area contributed by atoms with E-state index in [1.165, 1.54) is 0 Å². The Morgan fingerprint density at radius 3 is 2.83 bits per heavy atom. The van der Waals surface area contributed by atoms with Crippen LogP contribution in [-0.2, 0) is 11.2 Å². The number of H-pyrrole nitrogens is 1. The summed E-state index contributed by atoms with van der Waals surface area (Å²) in [5, 5.41) is 3.87. The molecule has 1 atom stereocenters. The molecule has 1 heterocycles. The number of rotatable bonds is 5. The van der Waals surface area contributed by atoms with Crippen molar-refractivity contribution >= 4 is 16.8 Å². The Morgan fingerprint density at radius 1 is 1.22 bits per heavy atom. The predicted octanol–water partition coefficient (Wildman–Crippen LogP) is 3.25. The summed E-state index contributed by atoms with van der Waals surface area (Å²) in [4.78, 5) is 15.7. The van der Waals surface area contributed by atoms with Crippen molar-refractivity contribution in [1.29, 1.82) is 0 Å². The first-order chi connectivity index (χ1) is 11.2. The zero-order valence-corrected chi connectivity index (χ0v) is 13.3. The number of aromatic amines is 1. The van der Waals surface area contributed by atoms with Gasteiger partial charge in [0.2, 0.25) is 5.91 Å². The first-order valence-electron chi connectivity index (χ1n) is 7.63. The van der Waals surface area contributed by atoms with Crippen LogP contribution in [0.5, 0.6) is 5.75 Å². The van der Waals surface area contributed by atoms with Crippen molar-refractivity contribution in [3.05, 3.63) is 65.9 Å². The molecule has 0 aliphatic heterocycles. The van der Waals surface area contributed by atoms with Crippen molar-refractivity contribution in [2.45, 2.75) is 12.3 Å². The molecule has 0 saturated heterocycles. The highest BCUT2D eigenvalue weighted by Gasteiger charge is 2.23. The molecule has 1 unspecified atom stereocenters. The van der Waals surface area contributed by atoms with E-state index in [0.717, 1.165) is 27.8 Å². The number of ether oxygens (including phenoxy) is 1. The van der Waals surface area contributed by atoms with E-state index in [1.54, 1.807) is 14.2 Å². The Morgan fingerprint density at radius 2 is 2.04 bits per heavy atom. The smallest absolute Gasteiger partial charge is 0.227 e. The van der Waals surface area contributed by atoms with Crippen molar-refractivity contribution in [3.8, 4) is 5.75 Å². The van der Waals surface area contributed by atoms with Gasteiger partial charge in [0.25, 0.3) is 0 Å². The molecule has 1 amide bonds. The molecule has 0 fully saturated rings. The maximum atomic E-state index is 12.5. The summed E-state index contributed by atoms with van der Waals surface area (Å²) in [7, 11) is 3.32. The summed E-state index contributed by atoms with van der Waals surface area (Å²) in [6.07, 6.45) is 2.56. The van der Waals surface area contributed by atoms with Crippen LogP contribution in [0.15, 0.2) is 54.7 Å². The van der Waals surface area contributed by atoms with Crippen LogP contribution < -0.4 is 10.1 Å². The summed E-state index contributed by atoms with van der Waals surface area (Å²) in [5.41, 5.74) is 3.13. The number of hydrogen-bond acceptors (Lipinski definition) is 2. The molecule has 3 rings (SSSR count). The van der Waals surface area contributed by atoms with Gasteiger partial charge in [0.1, 0.15) is 5.75 Å². The van der Waals surface area contributed by atoms with Gasteiger partial charge < -0.3 is 15.0 Å². The second kappa shape index (κ2) is 6.57. The molecule has 0 aliphatic carbocycles. The third-order valence-corrected chi connectivity index (χ3v) is 4.13. The zero-order valence-electron chi connectivity index (χ0n) is 13.3. The number of carbonyl (C=O) groups excluding carboxylic acids is 1. The number of aromatic nitrogens is 1. The lowest BCUT2D eigenvalue weighted by Gasteiger charge is -2.16. The van der Waals surface area contributed by atoms with Crippen molar-refractivity contribution in [1.82, 2.24) is 10.3 Å². The Hall–Kier alpha value is -2.75. The molecule has 2 N–H and O–H groups in total. The van der Waals surface area contributed by atoms with Gasteiger partial charge in [0.15, 0.2) is 0 Å². The first kappa shape index (κ1) is 15.2. The third-order valence-electron chi connectivity index (χ3n) is 4.13. The average Bonchev–Trinajstić information content (AvgIpc) is 3.03. The van der Waals surface area contributed by atoms with Gasteiger partial charge in [0.05, 0.1) is 13.0 Å². The molecular formula is C19H20N2O2. The lowest BCUT2D eigenvalue weighted by Crippen LogP contribution is -2.27. The van der Waals surface area contributed by atoms with Crippen LogP contribution in [0.3, 0.4) is 0 Å². The van der Waals surface area contributed by atoms with Crippen LogP contribution in [0.25, 0.3) is 10.9 Å². The highest BCUT2D eigenvalue weighted by molar-refractivity contribution is 5.92. The van der Waals surface area contributed by atoms with Crippen LogP contribution in [0.4, 0.5) is 0 Å². The number of para-hydroxylation sites is 1. The number of amides is 1. The van der Waals surface area contributed by atoms with Crippen molar-refractivity contribution < 1.29 is 9.53 Å². The molecule has 3 aromatic rings. The number of likely N-dealkylation sites (N-methyl/N-ethyl adjacent to an activating group) is 1. The molecule has 23 heavy (non-hydrogen) atoms. The zero-order chi connectivity index (χ0) is 16.2. The number of methoxy groups -OCH3 is 1. The molecule has 4 heteroatoms. The van der Waals surface area contributed by atoms with Gasteiger partial charge in [-0.05, 0) is 35.7 Å². The van der Waals surface area contributed by atoms with E-state index in [-0.39, 0.29) is 11.8 Å². The van der Waals surface area contributed by atoms with E-state index in [4.69, 9.17) is 4.74 Å². The van der Waals surface area contributed by atoms with Crippen LogP contribution in [-0.4, -0.2) is 25.0 Å². The van der Waals surface area contributed by atoms with Crippen molar-refractivity contribution in [2.75, 3.05) is 14.2 Å². The first-order valence-corrected chi connectivity index (χ1v) is 7.63. The molecule has 118 valence electrons. The number of hydrogen-bond donors (Lipinski definition) is 2. The minimum Gasteiger partial charge on any atom is -0.497 e. The Balaban J connectivity index is 1.99. The molecule has 4 nitrogen and oxygen atoms in total. The molecule has 0 radical (unpaired) electrons. The topological polar surface area (TPSA) is 54.1 Å². The SMILES string of the molecule is CNC(=O)C(Cc1cccc(OC)c1)c1c[nH]c2ccccc12. The van der Waals surface area contributed by atoms with Crippen molar-refractivity contribution in [2.24, 2.45) is 0 Å². The average molecular weight is 308 g/mol. The van der Waals surface area contributed by atoms with Gasteiger partial charge in [-0.1, -0.05) is 30.3 Å². The molecule has 0 spiro atoms. The second-order valence-electron chi connectivity index (χ2n) is 5.51. The highest BCUT2D eigenvalue weighted by atomic mass is 16.5. The molecule has 2 aromatic carbocycles. The number of fused-ring (bicyclic) bond motifs is 1. The number of benzene rings is 2. The van der Waals surface area contributed by atoms with Gasteiger partial charge in [0, 0.05) is 24.1 Å². The highest BCUT2D eigenvalue weighted by Crippen LogP contribution is 2.29. The van der Waals surface area contributed by atoms with E-state index in [9.17, 15) is 4.79 Å². The molecule has 0 bridgehead atoms. The van der Waals surface area contributed by atoms with E-state index in [2.05, 4.69) is 10.3 Å². The minimum atomic E-state index is -0.247. The molecule has 1 aromatic heterocycles. The van der Waals surface area contributed by atoms with E-state index in [1.807, 2.05) is 54.7 Å². The number of nitrogens with one attached hydrogen (secondary N) is 2. The molecular weight excluding hydrogens is 288 g/mol. The summed E-state index contributed by atoms with van der Waals surface area (Å²) in [5.74, 6) is 0.568. The summed E-state index contributed by atoms with van der Waals surface area (Å²) >= 11 is 0. The van der Waals surface area contributed by atoms with Gasteiger partial charge >= 0.3 is 0 Å². The quantitative estimate of drug-likeness (QED) is 0.760. The van der Waals surface area contributed by atoms with Gasteiger partial charge in [-0.25, -0.2) is 0 Å². The maximum Gasteiger partial charge on any atom is 0.227 e. The summed E-state index contributed by atoms with van der Waals surface area (Å²) in [6.45, 7) is 0. The summed E-state index contributed by atoms with van der Waals surface area (Å²) < 4.78 is 5.28. The normalized spacial score (nSPS) is 12.1. The van der Waals surface area contributed by atoms with E-state index < -0.39 is 0 Å².